The Morgan fingerprint density at radius 2 is 1.78 bits per heavy atom. The van der Waals surface area contributed by atoms with Gasteiger partial charge in [0.15, 0.2) is 11.5 Å². The molecule has 36 heavy (non-hydrogen) atoms. The van der Waals surface area contributed by atoms with Gasteiger partial charge in [-0.1, -0.05) is 12.1 Å². The van der Waals surface area contributed by atoms with Gasteiger partial charge in [-0.25, -0.2) is 4.79 Å². The van der Waals surface area contributed by atoms with Crippen LogP contribution < -0.4 is 19.8 Å². The van der Waals surface area contributed by atoms with Crippen LogP contribution in [0.15, 0.2) is 51.7 Å². The van der Waals surface area contributed by atoms with Crippen LogP contribution in [-0.4, -0.2) is 29.6 Å². The van der Waals surface area contributed by atoms with Crippen molar-refractivity contribution in [3.63, 3.8) is 0 Å². The molecule has 188 valence electrons. The summed E-state index contributed by atoms with van der Waals surface area (Å²) >= 11 is 0. The summed E-state index contributed by atoms with van der Waals surface area (Å²) in [5.74, 6) is -0.826. The Morgan fingerprint density at radius 1 is 1.03 bits per heavy atom. The fourth-order valence-corrected chi connectivity index (χ4v) is 4.08. The lowest BCUT2D eigenvalue weighted by Gasteiger charge is -2.39. The van der Waals surface area contributed by atoms with E-state index < -0.39 is 35.2 Å². The van der Waals surface area contributed by atoms with E-state index in [0.717, 1.165) is 10.9 Å². The van der Waals surface area contributed by atoms with E-state index in [0.29, 0.717) is 23.3 Å². The standard InChI is InChI=1S/C27H26O9/c1-15(28)32-20-7-5-6-17(26(20)33-16(2)29)8-10-25(31)35-23-13-19-12-18-9-11-24(30)34-21(18)14-22(19)36-27(23,3)4/h5-7,9,11-12,14,23H,8,10,13H2,1-4H3/t23-/m0/s1. The lowest BCUT2D eigenvalue weighted by atomic mass is 9.90. The fraction of sp³-hybridized carbons (Fsp3) is 0.333. The first-order valence-electron chi connectivity index (χ1n) is 11.5. The van der Waals surface area contributed by atoms with Gasteiger partial charge in [-0.05, 0) is 49.6 Å². The second-order valence-electron chi connectivity index (χ2n) is 9.07. The normalized spacial score (nSPS) is 15.9. The van der Waals surface area contributed by atoms with Gasteiger partial charge in [0.05, 0.1) is 0 Å². The summed E-state index contributed by atoms with van der Waals surface area (Å²) in [5.41, 5.74) is 0.508. The Morgan fingerprint density at radius 3 is 2.50 bits per heavy atom. The minimum Gasteiger partial charge on any atom is -0.484 e. The quantitative estimate of drug-likeness (QED) is 0.285. The zero-order chi connectivity index (χ0) is 26.0. The average molecular weight is 494 g/mol. The molecule has 1 atom stereocenters. The molecule has 2 aromatic carbocycles. The molecule has 0 unspecified atom stereocenters. The third kappa shape index (κ3) is 5.56. The van der Waals surface area contributed by atoms with Crippen LogP contribution in [0, 0.1) is 0 Å². The molecular formula is C27H26O9. The highest BCUT2D eigenvalue weighted by molar-refractivity contribution is 5.80. The van der Waals surface area contributed by atoms with Crippen LogP contribution in [0.2, 0.25) is 0 Å². The number of carbonyl (C=O) groups is 3. The summed E-state index contributed by atoms with van der Waals surface area (Å²) in [6.07, 6.45) is 0.0558. The van der Waals surface area contributed by atoms with Gasteiger partial charge in [0.1, 0.15) is 23.0 Å². The minimum atomic E-state index is -0.830. The second-order valence-corrected chi connectivity index (χ2v) is 9.07. The molecule has 9 nitrogen and oxygen atoms in total. The largest absolute Gasteiger partial charge is 0.484 e. The van der Waals surface area contributed by atoms with Gasteiger partial charge >= 0.3 is 23.5 Å². The maximum atomic E-state index is 12.8. The molecule has 4 rings (SSSR count). The van der Waals surface area contributed by atoms with Crippen molar-refractivity contribution in [1.29, 1.82) is 0 Å². The van der Waals surface area contributed by atoms with Gasteiger partial charge in [0, 0.05) is 44.2 Å². The number of fused-ring (bicyclic) bond motifs is 2. The molecule has 0 fully saturated rings. The molecule has 0 saturated heterocycles. The van der Waals surface area contributed by atoms with Gasteiger partial charge in [0.2, 0.25) is 0 Å². The van der Waals surface area contributed by atoms with E-state index >= 15 is 0 Å². The lowest BCUT2D eigenvalue weighted by molar-refractivity contribution is -0.161. The third-order valence-electron chi connectivity index (χ3n) is 5.79. The Balaban J connectivity index is 1.48. The van der Waals surface area contributed by atoms with E-state index in [9.17, 15) is 19.2 Å². The van der Waals surface area contributed by atoms with Crippen LogP contribution in [0.5, 0.6) is 17.2 Å². The Bertz CT molecular complexity index is 1400. The molecule has 1 aliphatic rings. The number of esters is 3. The highest BCUT2D eigenvalue weighted by Gasteiger charge is 2.40. The van der Waals surface area contributed by atoms with Gasteiger partial charge in [-0.15, -0.1) is 0 Å². The Labute approximate surface area is 206 Å². The number of benzene rings is 2. The first-order chi connectivity index (χ1) is 17.0. The molecule has 0 bridgehead atoms. The number of ether oxygens (including phenoxy) is 4. The van der Waals surface area contributed by atoms with Crippen molar-refractivity contribution in [3.05, 3.63) is 64.0 Å². The van der Waals surface area contributed by atoms with E-state index in [1.807, 2.05) is 19.9 Å². The van der Waals surface area contributed by atoms with Crippen molar-refractivity contribution < 1.29 is 37.7 Å². The SMILES string of the molecule is CC(=O)Oc1cccc(CCC(=O)O[C@H]2Cc3cc4ccc(=O)oc4cc3OC2(C)C)c1OC(C)=O. The number of aryl methyl sites for hydroxylation is 1. The number of para-hydroxylation sites is 1. The average Bonchev–Trinajstić information content (AvgIpc) is 2.78. The number of rotatable bonds is 6. The molecule has 0 spiro atoms. The van der Waals surface area contributed by atoms with Gasteiger partial charge in [-0.2, -0.15) is 0 Å². The highest BCUT2D eigenvalue weighted by Crippen LogP contribution is 2.38. The summed E-state index contributed by atoms with van der Waals surface area (Å²) in [5, 5.41) is 0.743. The van der Waals surface area contributed by atoms with Crippen LogP contribution in [0.25, 0.3) is 11.0 Å². The predicted octanol–water partition coefficient (Wildman–Crippen LogP) is 3.90. The Hall–Kier alpha value is -4.14. The minimum absolute atomic E-state index is 0.000103. The van der Waals surface area contributed by atoms with Crippen molar-refractivity contribution in [2.24, 2.45) is 0 Å². The maximum Gasteiger partial charge on any atom is 0.336 e. The first-order valence-corrected chi connectivity index (χ1v) is 11.5. The van der Waals surface area contributed by atoms with Crippen LogP contribution in [0.1, 0.15) is 45.2 Å². The van der Waals surface area contributed by atoms with Crippen molar-refractivity contribution in [2.45, 2.75) is 58.7 Å². The monoisotopic (exact) mass is 494 g/mol. The van der Waals surface area contributed by atoms with Crippen molar-refractivity contribution >= 4 is 28.9 Å². The summed E-state index contributed by atoms with van der Waals surface area (Å²) in [7, 11) is 0. The number of hydrogen-bond donors (Lipinski definition) is 0. The molecular weight excluding hydrogens is 468 g/mol. The molecule has 1 aromatic heterocycles. The fourth-order valence-electron chi connectivity index (χ4n) is 4.08. The smallest absolute Gasteiger partial charge is 0.336 e. The second kappa shape index (κ2) is 9.85. The third-order valence-corrected chi connectivity index (χ3v) is 5.79. The van der Waals surface area contributed by atoms with Crippen molar-refractivity contribution in [3.8, 4) is 17.2 Å². The van der Waals surface area contributed by atoms with E-state index in [2.05, 4.69) is 0 Å². The van der Waals surface area contributed by atoms with Crippen LogP contribution in [0.4, 0.5) is 0 Å². The molecule has 0 N–H and O–H groups in total. The number of carbonyl (C=O) groups excluding carboxylic acids is 3. The van der Waals surface area contributed by atoms with E-state index in [4.69, 9.17) is 23.4 Å². The van der Waals surface area contributed by atoms with Crippen LogP contribution in [-0.2, 0) is 32.0 Å². The molecule has 2 heterocycles. The van der Waals surface area contributed by atoms with Crippen LogP contribution >= 0.6 is 0 Å². The topological polar surface area (TPSA) is 118 Å². The molecule has 0 radical (unpaired) electrons. The Kier molecular flexibility index (Phi) is 6.83. The van der Waals surface area contributed by atoms with Crippen molar-refractivity contribution in [1.82, 2.24) is 0 Å². The van der Waals surface area contributed by atoms with E-state index in [-0.39, 0.29) is 24.3 Å². The molecule has 1 aliphatic heterocycles. The maximum absolute atomic E-state index is 12.8. The van der Waals surface area contributed by atoms with Gasteiger partial charge in [-0.3, -0.25) is 14.4 Å². The molecule has 0 amide bonds. The van der Waals surface area contributed by atoms with Gasteiger partial charge < -0.3 is 23.4 Å². The summed E-state index contributed by atoms with van der Waals surface area (Å²) in [6, 6.07) is 11.4. The summed E-state index contributed by atoms with van der Waals surface area (Å²) < 4.78 is 27.6. The predicted molar refractivity (Wildman–Crippen MR) is 128 cm³/mol. The van der Waals surface area contributed by atoms with E-state index in [1.165, 1.54) is 26.0 Å². The van der Waals surface area contributed by atoms with Crippen LogP contribution in [0.3, 0.4) is 0 Å². The highest BCUT2D eigenvalue weighted by atomic mass is 16.6. The molecule has 0 saturated carbocycles. The van der Waals surface area contributed by atoms with Gasteiger partial charge in [0.25, 0.3) is 0 Å². The molecule has 9 heteroatoms. The molecule has 0 aliphatic carbocycles. The first kappa shape index (κ1) is 25.0. The summed E-state index contributed by atoms with van der Waals surface area (Å²) in [4.78, 5) is 47.4. The summed E-state index contributed by atoms with van der Waals surface area (Å²) in [6.45, 7) is 6.12. The van der Waals surface area contributed by atoms with Crippen molar-refractivity contribution in [2.75, 3.05) is 0 Å². The number of hydrogen-bond acceptors (Lipinski definition) is 9. The zero-order valence-corrected chi connectivity index (χ0v) is 20.4. The zero-order valence-electron chi connectivity index (χ0n) is 20.4. The van der Waals surface area contributed by atoms with E-state index in [1.54, 1.807) is 24.3 Å². The lowest BCUT2D eigenvalue weighted by Crippen LogP contribution is -2.48. The molecule has 3 aromatic rings.